The molecule has 0 aliphatic heterocycles. The van der Waals surface area contributed by atoms with E-state index in [9.17, 15) is 4.79 Å². The number of unbranched alkanes of at least 4 members (excludes halogenated alkanes) is 4. The first-order valence-electron chi connectivity index (χ1n) is 8.26. The van der Waals surface area contributed by atoms with E-state index in [2.05, 4.69) is 54.3 Å². The minimum absolute atomic E-state index is 0.129. The van der Waals surface area contributed by atoms with Crippen LogP contribution >= 0.6 is 0 Å². The Morgan fingerprint density at radius 3 is 1.70 bits per heavy atom. The lowest BCUT2D eigenvalue weighted by Gasteiger charge is -1.91. The van der Waals surface area contributed by atoms with E-state index in [0.717, 1.165) is 6.42 Å². The highest BCUT2D eigenvalue weighted by Gasteiger charge is 1.96. The predicted octanol–water partition coefficient (Wildman–Crippen LogP) is 3.48. The molecule has 0 heterocycles. The van der Waals surface area contributed by atoms with Gasteiger partial charge in [0.1, 0.15) is 6.61 Å². The lowest BCUT2D eigenvalue weighted by molar-refractivity contribution is -0.121. The van der Waals surface area contributed by atoms with Gasteiger partial charge in [-0.05, 0) is 12.8 Å². The minimum atomic E-state index is -0.371. The summed E-state index contributed by atoms with van der Waals surface area (Å²) < 4.78 is 0. The summed E-state index contributed by atoms with van der Waals surface area (Å²) in [4.78, 5) is 10.8. The average molecular weight is 310 g/mol. The van der Waals surface area contributed by atoms with Gasteiger partial charge in [-0.2, -0.15) is 0 Å². The van der Waals surface area contributed by atoms with Crippen LogP contribution in [0, 0.1) is 47.4 Å². The maximum atomic E-state index is 10.8. The van der Waals surface area contributed by atoms with Crippen molar-refractivity contribution in [1.82, 2.24) is 0 Å². The van der Waals surface area contributed by atoms with Gasteiger partial charge in [0.15, 0.2) is 5.78 Å². The Morgan fingerprint density at radius 2 is 1.22 bits per heavy atom. The van der Waals surface area contributed by atoms with Crippen LogP contribution in [-0.2, 0) is 4.79 Å². The van der Waals surface area contributed by atoms with E-state index in [-0.39, 0.29) is 12.4 Å². The summed E-state index contributed by atoms with van der Waals surface area (Å²) in [6.07, 6.45) is 8.12. The molecule has 0 saturated heterocycles. The van der Waals surface area contributed by atoms with Crippen molar-refractivity contribution < 1.29 is 9.90 Å². The molecule has 23 heavy (non-hydrogen) atoms. The second-order valence-electron chi connectivity index (χ2n) is 4.95. The molecular formula is C21H26O2. The lowest BCUT2D eigenvalue weighted by Crippen LogP contribution is -2.02. The van der Waals surface area contributed by atoms with Crippen molar-refractivity contribution in [3.05, 3.63) is 0 Å². The molecule has 0 fully saturated rings. The van der Waals surface area contributed by atoms with Crippen LogP contribution in [0.1, 0.15) is 71.1 Å². The highest BCUT2D eigenvalue weighted by atomic mass is 16.3. The van der Waals surface area contributed by atoms with Gasteiger partial charge in [-0.3, -0.25) is 4.79 Å². The SMILES string of the molecule is CCCCCC#CCC#CCC#CCC#CCCCC(=O)CO. The largest absolute Gasteiger partial charge is 0.389 e. The summed E-state index contributed by atoms with van der Waals surface area (Å²) in [7, 11) is 0. The van der Waals surface area contributed by atoms with E-state index < -0.39 is 0 Å². The number of Topliss-reactive ketones (excluding diaryl/α,β-unsaturated/α-hetero) is 1. The minimum Gasteiger partial charge on any atom is -0.389 e. The van der Waals surface area contributed by atoms with Crippen LogP contribution in [0.4, 0.5) is 0 Å². The van der Waals surface area contributed by atoms with E-state index in [1.54, 1.807) is 0 Å². The van der Waals surface area contributed by atoms with E-state index >= 15 is 0 Å². The molecule has 2 nitrogen and oxygen atoms in total. The molecule has 0 amide bonds. The van der Waals surface area contributed by atoms with Gasteiger partial charge < -0.3 is 5.11 Å². The lowest BCUT2D eigenvalue weighted by atomic mass is 10.2. The Morgan fingerprint density at radius 1 is 0.739 bits per heavy atom. The van der Waals surface area contributed by atoms with Gasteiger partial charge in [-0.15, -0.1) is 11.8 Å². The van der Waals surface area contributed by atoms with Crippen LogP contribution < -0.4 is 0 Å². The molecule has 0 aliphatic carbocycles. The summed E-state index contributed by atoms with van der Waals surface area (Å²) in [5.41, 5.74) is 0. The van der Waals surface area contributed by atoms with Crippen molar-refractivity contribution >= 4 is 5.78 Å². The van der Waals surface area contributed by atoms with Crippen molar-refractivity contribution in [2.75, 3.05) is 6.61 Å². The number of hydrogen-bond donors (Lipinski definition) is 1. The van der Waals surface area contributed by atoms with Crippen molar-refractivity contribution in [3.8, 4) is 47.4 Å². The van der Waals surface area contributed by atoms with Crippen molar-refractivity contribution in [2.24, 2.45) is 0 Å². The maximum Gasteiger partial charge on any atom is 0.158 e. The number of carbonyl (C=O) groups excluding carboxylic acids is 1. The molecule has 0 radical (unpaired) electrons. The van der Waals surface area contributed by atoms with Crippen molar-refractivity contribution in [2.45, 2.75) is 71.1 Å². The summed E-state index contributed by atoms with van der Waals surface area (Å²) in [5, 5.41) is 8.55. The van der Waals surface area contributed by atoms with Crippen LogP contribution in [0.2, 0.25) is 0 Å². The summed E-state index contributed by atoms with van der Waals surface area (Å²) >= 11 is 0. The third-order valence-electron chi connectivity index (χ3n) is 2.87. The summed E-state index contributed by atoms with van der Waals surface area (Å²) in [6, 6.07) is 0. The highest BCUT2D eigenvalue weighted by molar-refractivity contribution is 5.79. The Labute approximate surface area is 141 Å². The second kappa shape index (κ2) is 17.9. The highest BCUT2D eigenvalue weighted by Crippen LogP contribution is 1.96. The zero-order valence-electron chi connectivity index (χ0n) is 14.1. The number of carbonyl (C=O) groups is 1. The third kappa shape index (κ3) is 17.8. The number of aliphatic hydroxyl groups is 1. The molecule has 0 unspecified atom stereocenters. The van der Waals surface area contributed by atoms with Crippen LogP contribution in [0.5, 0.6) is 0 Å². The first-order valence-corrected chi connectivity index (χ1v) is 8.26. The predicted molar refractivity (Wildman–Crippen MR) is 95.0 cm³/mol. The normalized spacial score (nSPS) is 8.26. The molecular weight excluding hydrogens is 284 g/mol. The molecule has 0 rings (SSSR count). The first kappa shape index (κ1) is 20.9. The second-order valence-corrected chi connectivity index (χ2v) is 4.95. The molecule has 0 spiro atoms. The molecule has 0 saturated carbocycles. The Kier molecular flexibility index (Phi) is 16.3. The van der Waals surface area contributed by atoms with Gasteiger partial charge in [-0.25, -0.2) is 0 Å². The Balaban J connectivity index is 3.60. The van der Waals surface area contributed by atoms with Crippen molar-refractivity contribution in [3.63, 3.8) is 0 Å². The smallest absolute Gasteiger partial charge is 0.158 e. The number of rotatable bonds is 7. The quantitative estimate of drug-likeness (QED) is 0.577. The molecule has 0 aromatic heterocycles. The molecule has 0 bridgehead atoms. The summed E-state index contributed by atoms with van der Waals surface area (Å²) in [5.74, 6) is 23.8. The van der Waals surface area contributed by atoms with Gasteiger partial charge in [0, 0.05) is 19.3 Å². The maximum absolute atomic E-state index is 10.8. The van der Waals surface area contributed by atoms with Gasteiger partial charge >= 0.3 is 0 Å². The van der Waals surface area contributed by atoms with Crippen LogP contribution in [0.3, 0.4) is 0 Å². The molecule has 0 aromatic carbocycles. The van der Waals surface area contributed by atoms with Gasteiger partial charge in [0.25, 0.3) is 0 Å². The molecule has 122 valence electrons. The molecule has 1 N–H and O–H groups in total. The number of aliphatic hydroxyl groups excluding tert-OH is 1. The van der Waals surface area contributed by atoms with Gasteiger partial charge in [0.05, 0.1) is 19.3 Å². The zero-order valence-corrected chi connectivity index (χ0v) is 14.1. The van der Waals surface area contributed by atoms with Crippen LogP contribution in [-0.4, -0.2) is 17.5 Å². The van der Waals surface area contributed by atoms with E-state index in [1.165, 1.54) is 19.3 Å². The molecule has 2 heteroatoms. The standard InChI is InChI=1S/C21H26O2/c1-2-3-4-5-6-7-8-9-10-11-12-13-14-15-16-17-18-19-21(23)20-22/h22H,2-5,8,11,14,17-20H2,1H3. The number of ketones is 1. The fraction of sp³-hybridized carbons (Fsp3) is 0.571. The van der Waals surface area contributed by atoms with Gasteiger partial charge in [-0.1, -0.05) is 55.3 Å². The van der Waals surface area contributed by atoms with Gasteiger partial charge in [0.2, 0.25) is 0 Å². The van der Waals surface area contributed by atoms with E-state index in [0.29, 0.717) is 38.5 Å². The molecule has 0 atom stereocenters. The molecule has 0 aromatic rings. The zero-order chi connectivity index (χ0) is 17.0. The Bertz CT molecular complexity index is 556. The third-order valence-corrected chi connectivity index (χ3v) is 2.87. The fourth-order valence-corrected chi connectivity index (χ4v) is 1.60. The summed E-state index contributed by atoms with van der Waals surface area (Å²) in [6.45, 7) is 1.82. The number of hydrogen-bond acceptors (Lipinski definition) is 2. The van der Waals surface area contributed by atoms with E-state index in [1.807, 2.05) is 0 Å². The van der Waals surface area contributed by atoms with Crippen LogP contribution in [0.25, 0.3) is 0 Å². The fourth-order valence-electron chi connectivity index (χ4n) is 1.60. The van der Waals surface area contributed by atoms with Crippen LogP contribution in [0.15, 0.2) is 0 Å². The first-order chi connectivity index (χ1) is 11.3. The van der Waals surface area contributed by atoms with Crippen molar-refractivity contribution in [1.29, 1.82) is 0 Å². The average Bonchev–Trinajstić information content (AvgIpc) is 2.57. The Hall–Kier alpha value is -2.13. The monoisotopic (exact) mass is 310 g/mol. The van der Waals surface area contributed by atoms with E-state index in [4.69, 9.17) is 5.11 Å². The molecule has 0 aliphatic rings. The topological polar surface area (TPSA) is 37.3 Å².